The molecule has 0 radical (unpaired) electrons. The number of rotatable bonds is 15. The van der Waals surface area contributed by atoms with Gasteiger partial charge in [0.05, 0.1) is 6.04 Å². The quantitative estimate of drug-likeness (QED) is 0.0817. The molecule has 0 aliphatic rings. The molecule has 13 heteroatoms. The van der Waals surface area contributed by atoms with Gasteiger partial charge in [-0.3, -0.25) is 24.2 Å². The summed E-state index contributed by atoms with van der Waals surface area (Å²) in [6, 6.07) is -3.82. The standard InChI is InChI=1S/C19H37N7O5S/c1-10(2)14(17(29)24-11(3)18(30)31)26-16(28)13(7-9-32-4)25-15(27)12(20)6-5-8-23-19(21)22/h10-14H,5-9,20H2,1-4H3,(H,24,29)(H,25,27)(H,26,28)(H,30,31)(H4,21,22,23). The molecule has 0 aromatic rings. The summed E-state index contributed by atoms with van der Waals surface area (Å²) in [5.41, 5.74) is 16.4. The molecule has 10 N–H and O–H groups in total. The van der Waals surface area contributed by atoms with Crippen molar-refractivity contribution in [3.63, 3.8) is 0 Å². The van der Waals surface area contributed by atoms with Gasteiger partial charge in [0.1, 0.15) is 18.1 Å². The van der Waals surface area contributed by atoms with E-state index in [0.29, 0.717) is 31.6 Å². The van der Waals surface area contributed by atoms with Crippen LogP contribution in [0.2, 0.25) is 0 Å². The Hall–Kier alpha value is -2.54. The fourth-order valence-electron chi connectivity index (χ4n) is 2.59. The Bertz CT molecular complexity index is 670. The third-order valence-corrected chi connectivity index (χ3v) is 5.17. The lowest BCUT2D eigenvalue weighted by Gasteiger charge is -2.26. The first-order valence-corrected chi connectivity index (χ1v) is 11.7. The van der Waals surface area contributed by atoms with Crippen molar-refractivity contribution in [1.82, 2.24) is 16.0 Å². The van der Waals surface area contributed by atoms with E-state index in [4.69, 9.17) is 22.3 Å². The molecule has 0 aliphatic carbocycles. The molecule has 0 saturated carbocycles. The van der Waals surface area contributed by atoms with E-state index in [1.807, 2.05) is 6.26 Å². The van der Waals surface area contributed by atoms with Crippen LogP contribution in [0.25, 0.3) is 0 Å². The minimum atomic E-state index is -1.19. The van der Waals surface area contributed by atoms with Gasteiger partial charge in [0, 0.05) is 6.54 Å². The highest BCUT2D eigenvalue weighted by atomic mass is 32.2. The zero-order chi connectivity index (χ0) is 24.8. The summed E-state index contributed by atoms with van der Waals surface area (Å²) in [7, 11) is 0. The zero-order valence-corrected chi connectivity index (χ0v) is 19.9. The van der Waals surface area contributed by atoms with Crippen LogP contribution in [0.4, 0.5) is 0 Å². The first-order valence-electron chi connectivity index (χ1n) is 10.3. The van der Waals surface area contributed by atoms with Crippen LogP contribution >= 0.6 is 11.8 Å². The summed E-state index contributed by atoms with van der Waals surface area (Å²) in [4.78, 5) is 52.6. The van der Waals surface area contributed by atoms with Crippen LogP contribution in [0.3, 0.4) is 0 Å². The Labute approximate surface area is 192 Å². The predicted molar refractivity (Wildman–Crippen MR) is 125 cm³/mol. The van der Waals surface area contributed by atoms with Crippen molar-refractivity contribution in [1.29, 1.82) is 0 Å². The second-order valence-electron chi connectivity index (χ2n) is 7.70. The number of hydrogen-bond donors (Lipinski definition) is 7. The second-order valence-corrected chi connectivity index (χ2v) is 8.68. The van der Waals surface area contributed by atoms with Crippen LogP contribution in [0.5, 0.6) is 0 Å². The summed E-state index contributed by atoms with van der Waals surface area (Å²) in [6.45, 7) is 5.10. The molecule has 4 atom stereocenters. The third kappa shape index (κ3) is 11.7. The van der Waals surface area contributed by atoms with Crippen molar-refractivity contribution in [2.24, 2.45) is 28.1 Å². The molecule has 0 aromatic carbocycles. The first kappa shape index (κ1) is 29.5. The lowest BCUT2D eigenvalue weighted by Crippen LogP contribution is -2.58. The van der Waals surface area contributed by atoms with E-state index in [1.165, 1.54) is 18.7 Å². The van der Waals surface area contributed by atoms with Crippen LogP contribution in [-0.2, 0) is 19.2 Å². The number of aliphatic imine (C=N–C) groups is 1. The van der Waals surface area contributed by atoms with Gasteiger partial charge in [0.25, 0.3) is 0 Å². The van der Waals surface area contributed by atoms with Crippen LogP contribution < -0.4 is 33.2 Å². The summed E-state index contributed by atoms with van der Waals surface area (Å²) >= 11 is 1.50. The number of nitrogens with one attached hydrogen (secondary N) is 3. The Morgan fingerprint density at radius 1 is 0.969 bits per heavy atom. The van der Waals surface area contributed by atoms with Crippen molar-refractivity contribution in [2.45, 2.75) is 64.2 Å². The third-order valence-electron chi connectivity index (χ3n) is 4.52. The molecule has 0 aromatic heterocycles. The van der Waals surface area contributed by atoms with Gasteiger partial charge in [0.2, 0.25) is 17.7 Å². The number of guanidine groups is 1. The normalized spacial score (nSPS) is 14.6. The van der Waals surface area contributed by atoms with Gasteiger partial charge in [-0.05, 0) is 44.1 Å². The average Bonchev–Trinajstić information content (AvgIpc) is 2.70. The Morgan fingerprint density at radius 3 is 2.09 bits per heavy atom. The van der Waals surface area contributed by atoms with Gasteiger partial charge in [-0.2, -0.15) is 11.8 Å². The SMILES string of the molecule is CSCCC(NC(=O)C(N)CCCN=C(N)N)C(=O)NC(C(=O)NC(C)C(=O)O)C(C)C. The van der Waals surface area contributed by atoms with Crippen LogP contribution in [-0.4, -0.2) is 77.5 Å². The maximum atomic E-state index is 12.9. The van der Waals surface area contributed by atoms with E-state index in [1.54, 1.807) is 13.8 Å². The minimum absolute atomic E-state index is 0.0432. The summed E-state index contributed by atoms with van der Waals surface area (Å²) in [5, 5.41) is 16.6. The Morgan fingerprint density at radius 2 is 1.59 bits per heavy atom. The van der Waals surface area contributed by atoms with E-state index in [0.717, 1.165) is 0 Å². The molecule has 12 nitrogen and oxygen atoms in total. The zero-order valence-electron chi connectivity index (χ0n) is 19.1. The molecule has 4 unspecified atom stereocenters. The van der Waals surface area contributed by atoms with Crippen molar-refractivity contribution >= 4 is 41.4 Å². The molecule has 32 heavy (non-hydrogen) atoms. The van der Waals surface area contributed by atoms with E-state index < -0.39 is 47.9 Å². The number of carboxylic acids is 1. The van der Waals surface area contributed by atoms with E-state index in [9.17, 15) is 19.2 Å². The lowest BCUT2D eigenvalue weighted by molar-refractivity contribution is -0.142. The maximum Gasteiger partial charge on any atom is 0.325 e. The van der Waals surface area contributed by atoms with Gasteiger partial charge >= 0.3 is 5.97 Å². The minimum Gasteiger partial charge on any atom is -0.480 e. The van der Waals surface area contributed by atoms with Gasteiger partial charge in [0.15, 0.2) is 5.96 Å². The molecule has 0 fully saturated rings. The topological polar surface area (TPSA) is 215 Å². The molecular formula is C19H37N7O5S. The van der Waals surface area contributed by atoms with Crippen molar-refractivity contribution in [3.8, 4) is 0 Å². The van der Waals surface area contributed by atoms with Crippen molar-refractivity contribution in [3.05, 3.63) is 0 Å². The van der Waals surface area contributed by atoms with E-state index >= 15 is 0 Å². The van der Waals surface area contributed by atoms with Crippen LogP contribution in [0.15, 0.2) is 4.99 Å². The molecule has 3 amide bonds. The number of carboxylic acid groups (broad SMARTS) is 1. The molecule has 0 saturated heterocycles. The van der Waals surface area contributed by atoms with Crippen molar-refractivity contribution in [2.75, 3.05) is 18.6 Å². The molecule has 0 spiro atoms. The highest BCUT2D eigenvalue weighted by Crippen LogP contribution is 2.07. The highest BCUT2D eigenvalue weighted by Gasteiger charge is 2.30. The van der Waals surface area contributed by atoms with E-state index in [-0.39, 0.29) is 11.9 Å². The number of carbonyl (C=O) groups is 4. The van der Waals surface area contributed by atoms with Crippen LogP contribution in [0, 0.1) is 5.92 Å². The second kappa shape index (κ2) is 15.3. The number of nitrogens with zero attached hydrogens (tertiary/aromatic N) is 1. The molecule has 184 valence electrons. The fraction of sp³-hybridized carbons (Fsp3) is 0.737. The Kier molecular flexibility index (Phi) is 14.1. The van der Waals surface area contributed by atoms with Gasteiger partial charge in [-0.1, -0.05) is 13.8 Å². The molecular weight excluding hydrogens is 438 g/mol. The average molecular weight is 476 g/mol. The maximum absolute atomic E-state index is 12.9. The predicted octanol–water partition coefficient (Wildman–Crippen LogP) is -1.66. The summed E-state index contributed by atoms with van der Waals surface area (Å²) < 4.78 is 0. The largest absolute Gasteiger partial charge is 0.480 e. The number of hydrogen-bond acceptors (Lipinski definition) is 7. The molecule has 0 bridgehead atoms. The number of carbonyl (C=O) groups excluding carboxylic acids is 3. The van der Waals surface area contributed by atoms with Gasteiger partial charge in [-0.15, -0.1) is 0 Å². The number of amides is 3. The number of thioether (sulfide) groups is 1. The fourth-order valence-corrected chi connectivity index (χ4v) is 3.06. The number of aliphatic carboxylic acids is 1. The van der Waals surface area contributed by atoms with Crippen molar-refractivity contribution < 1.29 is 24.3 Å². The monoisotopic (exact) mass is 475 g/mol. The van der Waals surface area contributed by atoms with Gasteiger partial charge < -0.3 is 38.3 Å². The summed E-state index contributed by atoms with van der Waals surface area (Å²) in [5.74, 6) is -2.61. The smallest absolute Gasteiger partial charge is 0.325 e. The highest BCUT2D eigenvalue weighted by molar-refractivity contribution is 7.98. The first-order chi connectivity index (χ1) is 14.9. The summed E-state index contributed by atoms with van der Waals surface area (Å²) in [6.07, 6.45) is 3.01. The molecule has 0 rings (SSSR count). The number of nitrogens with two attached hydrogens (primary N) is 3. The molecule has 0 aliphatic heterocycles. The van der Waals surface area contributed by atoms with Crippen LogP contribution in [0.1, 0.15) is 40.0 Å². The van der Waals surface area contributed by atoms with E-state index in [2.05, 4.69) is 20.9 Å². The van der Waals surface area contributed by atoms with Gasteiger partial charge in [-0.25, -0.2) is 0 Å². The lowest BCUT2D eigenvalue weighted by atomic mass is 10.0. The molecule has 0 heterocycles. The Balaban J connectivity index is 5.12.